The number of carbonyl (C=O) groups is 2. The van der Waals surface area contributed by atoms with Crippen LogP contribution in [0.15, 0.2) is 24.3 Å². The fourth-order valence-corrected chi connectivity index (χ4v) is 4.80. The topological polar surface area (TPSA) is 152 Å². The van der Waals surface area contributed by atoms with Crippen LogP contribution in [0.4, 0.5) is 22.7 Å². The first-order chi connectivity index (χ1) is 18.7. The second-order valence-corrected chi connectivity index (χ2v) is 10.00. The number of piperazine rings is 1. The van der Waals surface area contributed by atoms with E-state index >= 15 is 0 Å². The number of nitro groups is 2. The molecule has 40 heavy (non-hydrogen) atoms. The Morgan fingerprint density at radius 1 is 0.750 bits per heavy atom. The molecule has 1 fully saturated rings. The summed E-state index contributed by atoms with van der Waals surface area (Å²) in [5.41, 5.74) is 0.180. The number of carbonyl (C=O) groups excluding carboxylic acids is 2. The fraction of sp³-hybridized carbons (Fsp3) is 0.462. The minimum atomic E-state index is -0.553. The highest BCUT2D eigenvalue weighted by molar-refractivity contribution is 6.01. The lowest BCUT2D eigenvalue weighted by molar-refractivity contribution is -0.384. The third-order valence-corrected chi connectivity index (χ3v) is 6.92. The Morgan fingerprint density at radius 2 is 1.07 bits per heavy atom. The van der Waals surface area contributed by atoms with Crippen molar-refractivity contribution >= 4 is 34.6 Å². The van der Waals surface area contributed by atoms with Gasteiger partial charge < -0.3 is 29.1 Å². The summed E-state index contributed by atoms with van der Waals surface area (Å²) in [6.45, 7) is 3.76. The Kier molecular flexibility index (Phi) is 8.71. The Balaban J connectivity index is 1.95. The van der Waals surface area contributed by atoms with Crippen molar-refractivity contribution in [1.82, 2.24) is 9.80 Å². The Bertz CT molecular complexity index is 1240. The van der Waals surface area contributed by atoms with Crippen LogP contribution in [0.1, 0.15) is 34.6 Å². The van der Waals surface area contributed by atoms with Gasteiger partial charge in [-0.1, -0.05) is 0 Å². The number of benzene rings is 2. The van der Waals surface area contributed by atoms with Gasteiger partial charge in [-0.3, -0.25) is 29.8 Å². The molecule has 0 saturated carbocycles. The standard InChI is InChI=1S/C26H34N6O8/c1-15-13-30(26(34)18-10-22(32(37)38)20(28(5)6)12-24(18)40-8)16(2)14-29(15)25(33)17-9-21(31(35)36)19(27(3)4)11-23(17)39-7/h9-12,15-16H,13-14H2,1-8H3/t15-,16-/m0/s1. The quantitative estimate of drug-likeness (QED) is 0.349. The molecule has 0 bridgehead atoms. The molecule has 0 radical (unpaired) electrons. The van der Waals surface area contributed by atoms with E-state index in [1.807, 2.05) is 0 Å². The maximum absolute atomic E-state index is 13.7. The van der Waals surface area contributed by atoms with Crippen LogP contribution in [0.2, 0.25) is 0 Å². The zero-order valence-corrected chi connectivity index (χ0v) is 23.8. The average Bonchev–Trinajstić information content (AvgIpc) is 2.91. The minimum absolute atomic E-state index is 0.0372. The summed E-state index contributed by atoms with van der Waals surface area (Å²) in [5.74, 6) is -0.563. The summed E-state index contributed by atoms with van der Waals surface area (Å²) in [5, 5.41) is 23.5. The largest absolute Gasteiger partial charge is 0.496 e. The van der Waals surface area contributed by atoms with E-state index in [-0.39, 0.29) is 47.1 Å². The lowest BCUT2D eigenvalue weighted by Gasteiger charge is -2.44. The van der Waals surface area contributed by atoms with Gasteiger partial charge >= 0.3 is 0 Å². The number of hydrogen-bond acceptors (Lipinski definition) is 10. The average molecular weight is 559 g/mol. The number of nitro benzene ring substituents is 2. The molecule has 1 saturated heterocycles. The van der Waals surface area contributed by atoms with Crippen LogP contribution in [0.3, 0.4) is 0 Å². The molecular weight excluding hydrogens is 524 g/mol. The molecule has 14 heteroatoms. The second-order valence-electron chi connectivity index (χ2n) is 10.00. The normalized spacial score (nSPS) is 16.8. The first-order valence-electron chi connectivity index (χ1n) is 12.4. The smallest absolute Gasteiger partial charge is 0.293 e. The third kappa shape index (κ3) is 5.55. The second kappa shape index (κ2) is 11.6. The maximum Gasteiger partial charge on any atom is 0.293 e. The molecule has 0 unspecified atom stereocenters. The molecule has 216 valence electrons. The van der Waals surface area contributed by atoms with Crippen LogP contribution < -0.4 is 19.3 Å². The zero-order chi connectivity index (χ0) is 30.0. The summed E-state index contributed by atoms with van der Waals surface area (Å²) in [6, 6.07) is 4.37. The van der Waals surface area contributed by atoms with E-state index in [1.54, 1.807) is 61.6 Å². The van der Waals surface area contributed by atoms with E-state index in [4.69, 9.17) is 9.47 Å². The lowest BCUT2D eigenvalue weighted by atomic mass is 10.0. The molecule has 2 aromatic carbocycles. The number of anilines is 2. The van der Waals surface area contributed by atoms with E-state index < -0.39 is 33.7 Å². The molecule has 0 N–H and O–H groups in total. The highest BCUT2D eigenvalue weighted by atomic mass is 16.6. The number of rotatable bonds is 8. The van der Waals surface area contributed by atoms with Crippen LogP contribution >= 0.6 is 0 Å². The summed E-state index contributed by atoms with van der Waals surface area (Å²) >= 11 is 0. The fourth-order valence-electron chi connectivity index (χ4n) is 4.80. The van der Waals surface area contributed by atoms with E-state index in [2.05, 4.69) is 0 Å². The molecule has 1 aliphatic heterocycles. The van der Waals surface area contributed by atoms with Crippen LogP contribution in [0, 0.1) is 20.2 Å². The third-order valence-electron chi connectivity index (χ3n) is 6.92. The highest BCUT2D eigenvalue weighted by Gasteiger charge is 2.38. The molecule has 2 aromatic rings. The monoisotopic (exact) mass is 558 g/mol. The van der Waals surface area contributed by atoms with Gasteiger partial charge in [0.05, 0.1) is 35.2 Å². The molecular formula is C26H34N6O8. The van der Waals surface area contributed by atoms with Crippen molar-refractivity contribution in [2.45, 2.75) is 25.9 Å². The van der Waals surface area contributed by atoms with Crippen molar-refractivity contribution in [3.8, 4) is 11.5 Å². The zero-order valence-electron chi connectivity index (χ0n) is 23.8. The summed E-state index contributed by atoms with van der Waals surface area (Å²) < 4.78 is 10.8. The Morgan fingerprint density at radius 3 is 1.32 bits per heavy atom. The van der Waals surface area contributed by atoms with Gasteiger partial charge in [-0.15, -0.1) is 0 Å². The molecule has 0 aliphatic carbocycles. The van der Waals surface area contributed by atoms with Crippen molar-refractivity contribution in [2.24, 2.45) is 0 Å². The van der Waals surface area contributed by atoms with Crippen molar-refractivity contribution in [3.63, 3.8) is 0 Å². The molecule has 3 rings (SSSR count). The number of hydrogen-bond donors (Lipinski definition) is 0. The number of amides is 2. The molecule has 1 aliphatic rings. The van der Waals surface area contributed by atoms with Gasteiger partial charge in [0.15, 0.2) is 0 Å². The van der Waals surface area contributed by atoms with Gasteiger partial charge in [-0.2, -0.15) is 0 Å². The number of nitrogens with zero attached hydrogens (tertiary/aromatic N) is 6. The molecule has 0 spiro atoms. The van der Waals surface area contributed by atoms with Crippen molar-refractivity contribution in [1.29, 1.82) is 0 Å². The van der Waals surface area contributed by atoms with Crippen molar-refractivity contribution in [3.05, 3.63) is 55.6 Å². The minimum Gasteiger partial charge on any atom is -0.496 e. The lowest BCUT2D eigenvalue weighted by Crippen LogP contribution is -2.59. The van der Waals surface area contributed by atoms with E-state index in [0.717, 1.165) is 0 Å². The van der Waals surface area contributed by atoms with Gasteiger partial charge in [0.2, 0.25) is 0 Å². The maximum atomic E-state index is 13.7. The number of methoxy groups -OCH3 is 2. The summed E-state index contributed by atoms with van der Waals surface area (Å²) in [7, 11) is 9.38. The van der Waals surface area contributed by atoms with Crippen LogP contribution in [-0.2, 0) is 0 Å². The number of ether oxygens (including phenoxy) is 2. The first-order valence-corrected chi connectivity index (χ1v) is 12.4. The molecule has 2 amide bonds. The van der Waals surface area contributed by atoms with Gasteiger partial charge in [0.25, 0.3) is 23.2 Å². The Labute approximate surface area is 231 Å². The summed E-state index contributed by atoms with van der Waals surface area (Å²) in [6.07, 6.45) is 0. The Hall–Kier alpha value is -4.62. The van der Waals surface area contributed by atoms with Crippen molar-refractivity contribution < 1.29 is 28.9 Å². The van der Waals surface area contributed by atoms with Crippen LogP contribution in [0.5, 0.6) is 11.5 Å². The molecule has 1 heterocycles. The van der Waals surface area contributed by atoms with Crippen LogP contribution in [-0.4, -0.2) is 99.0 Å². The molecule has 0 aromatic heterocycles. The van der Waals surface area contributed by atoms with E-state index in [9.17, 15) is 29.8 Å². The van der Waals surface area contributed by atoms with Gasteiger partial charge in [0, 0.05) is 77.6 Å². The SMILES string of the molecule is COc1cc(N(C)C)c([N+](=O)[O-])cc1C(=O)N1C[C@H](C)N(C(=O)c2cc([N+](=O)[O-])c(N(C)C)cc2OC)C[C@@H]1C. The summed E-state index contributed by atoms with van der Waals surface area (Å²) in [4.78, 5) is 55.9. The molecule has 2 atom stereocenters. The van der Waals surface area contributed by atoms with Gasteiger partial charge in [-0.25, -0.2) is 0 Å². The van der Waals surface area contributed by atoms with Gasteiger partial charge in [-0.05, 0) is 13.8 Å². The first kappa shape index (κ1) is 29.9. The highest BCUT2D eigenvalue weighted by Crippen LogP contribution is 2.37. The van der Waals surface area contributed by atoms with Gasteiger partial charge in [0.1, 0.15) is 22.9 Å². The van der Waals surface area contributed by atoms with E-state index in [0.29, 0.717) is 11.4 Å². The predicted octanol–water partition coefficient (Wildman–Crippen LogP) is 3.03. The van der Waals surface area contributed by atoms with E-state index in [1.165, 1.54) is 38.5 Å². The molecule has 14 nitrogen and oxygen atoms in total. The van der Waals surface area contributed by atoms with Crippen molar-refractivity contribution in [2.75, 3.05) is 65.3 Å². The predicted molar refractivity (Wildman–Crippen MR) is 149 cm³/mol. The van der Waals surface area contributed by atoms with Crippen LogP contribution in [0.25, 0.3) is 0 Å².